The molecule has 150 valence electrons. The predicted octanol–water partition coefficient (Wildman–Crippen LogP) is 4.15. The number of urea groups is 1. The van der Waals surface area contributed by atoms with Gasteiger partial charge in [0.1, 0.15) is 0 Å². The molecular weight excluding hydrogens is 406 g/mol. The summed E-state index contributed by atoms with van der Waals surface area (Å²) >= 11 is 7.77. The fourth-order valence-electron chi connectivity index (χ4n) is 2.92. The minimum Gasteiger partial charge on any atom is -0.337 e. The van der Waals surface area contributed by atoms with Gasteiger partial charge >= 0.3 is 6.03 Å². The first-order valence-electron chi connectivity index (χ1n) is 9.25. The molecule has 0 fully saturated rings. The zero-order chi connectivity index (χ0) is 20.5. The highest BCUT2D eigenvalue weighted by molar-refractivity contribution is 7.09. The molecule has 0 aliphatic carbocycles. The van der Waals surface area contributed by atoms with Crippen LogP contribution in [-0.4, -0.2) is 25.0 Å². The van der Waals surface area contributed by atoms with E-state index in [0.29, 0.717) is 11.6 Å². The van der Waals surface area contributed by atoms with Gasteiger partial charge in [0.15, 0.2) is 0 Å². The van der Waals surface area contributed by atoms with Crippen LogP contribution >= 0.6 is 22.9 Å². The van der Waals surface area contributed by atoms with Gasteiger partial charge in [0.2, 0.25) is 5.91 Å². The van der Waals surface area contributed by atoms with E-state index >= 15 is 0 Å². The van der Waals surface area contributed by atoms with E-state index in [0.717, 1.165) is 17.5 Å². The van der Waals surface area contributed by atoms with Crippen molar-refractivity contribution in [2.24, 2.45) is 0 Å². The zero-order valence-corrected chi connectivity index (χ0v) is 17.3. The molecule has 3 N–H and O–H groups in total. The van der Waals surface area contributed by atoms with Gasteiger partial charge in [0, 0.05) is 16.4 Å². The smallest absolute Gasteiger partial charge is 0.321 e. The summed E-state index contributed by atoms with van der Waals surface area (Å²) < 4.78 is 0. The molecule has 0 radical (unpaired) electrons. The number of thiophene rings is 1. The number of nitrogens with one attached hydrogen (secondary N) is 3. The lowest BCUT2D eigenvalue weighted by Gasteiger charge is -2.20. The maximum atomic E-state index is 12.2. The van der Waals surface area contributed by atoms with Crippen LogP contribution in [0.5, 0.6) is 0 Å². The van der Waals surface area contributed by atoms with Gasteiger partial charge < -0.3 is 5.32 Å². The molecule has 1 aromatic heterocycles. The maximum Gasteiger partial charge on any atom is 0.321 e. The van der Waals surface area contributed by atoms with Crippen molar-refractivity contribution >= 4 is 34.9 Å². The largest absolute Gasteiger partial charge is 0.337 e. The van der Waals surface area contributed by atoms with Crippen molar-refractivity contribution in [2.75, 3.05) is 13.1 Å². The number of imide groups is 1. The van der Waals surface area contributed by atoms with Crippen molar-refractivity contribution in [2.45, 2.75) is 12.5 Å². The summed E-state index contributed by atoms with van der Waals surface area (Å²) in [6.45, 7) is 0.465. The average molecular weight is 428 g/mol. The highest BCUT2D eigenvalue weighted by atomic mass is 35.5. The number of hydrogen-bond acceptors (Lipinski definition) is 4. The third kappa shape index (κ3) is 6.71. The Bertz CT molecular complexity index is 932. The van der Waals surface area contributed by atoms with Crippen LogP contribution < -0.4 is 16.0 Å². The normalized spacial score (nSPS) is 11.6. The van der Waals surface area contributed by atoms with Crippen molar-refractivity contribution < 1.29 is 9.59 Å². The Morgan fingerprint density at radius 3 is 2.48 bits per heavy atom. The molecular formula is C22H22ClN3O2S. The van der Waals surface area contributed by atoms with E-state index in [4.69, 9.17) is 11.6 Å². The van der Waals surface area contributed by atoms with Crippen molar-refractivity contribution in [3.8, 4) is 0 Å². The van der Waals surface area contributed by atoms with E-state index in [-0.39, 0.29) is 12.6 Å². The van der Waals surface area contributed by atoms with E-state index in [2.05, 4.69) is 16.0 Å². The Morgan fingerprint density at radius 1 is 0.966 bits per heavy atom. The van der Waals surface area contributed by atoms with E-state index in [1.54, 1.807) is 17.4 Å². The lowest BCUT2D eigenvalue weighted by molar-refractivity contribution is -0.119. The molecule has 3 amide bonds. The summed E-state index contributed by atoms with van der Waals surface area (Å²) in [7, 11) is 0. The summed E-state index contributed by atoms with van der Waals surface area (Å²) in [6, 6.07) is 20.5. The second-order valence-electron chi connectivity index (χ2n) is 6.41. The molecule has 1 unspecified atom stereocenters. The number of amides is 3. The van der Waals surface area contributed by atoms with Gasteiger partial charge in [-0.05, 0) is 41.1 Å². The first-order valence-corrected chi connectivity index (χ1v) is 10.5. The van der Waals surface area contributed by atoms with Crippen molar-refractivity contribution in [1.29, 1.82) is 0 Å². The molecule has 1 heterocycles. The molecule has 2 aromatic carbocycles. The van der Waals surface area contributed by atoms with Crippen molar-refractivity contribution in [3.05, 3.63) is 93.1 Å². The lowest BCUT2D eigenvalue weighted by Crippen LogP contribution is -2.44. The van der Waals surface area contributed by atoms with Gasteiger partial charge in [-0.1, -0.05) is 60.1 Å². The van der Waals surface area contributed by atoms with Gasteiger partial charge in [-0.25, -0.2) is 4.79 Å². The van der Waals surface area contributed by atoms with E-state index in [1.807, 2.05) is 66.0 Å². The van der Waals surface area contributed by atoms with Crippen LogP contribution in [0, 0.1) is 0 Å². The molecule has 0 saturated heterocycles. The van der Waals surface area contributed by atoms with Crippen LogP contribution in [0.15, 0.2) is 72.1 Å². The molecule has 5 nitrogen and oxygen atoms in total. The van der Waals surface area contributed by atoms with Crippen LogP contribution in [-0.2, 0) is 11.2 Å². The van der Waals surface area contributed by atoms with Gasteiger partial charge in [-0.2, -0.15) is 0 Å². The van der Waals surface area contributed by atoms with Gasteiger partial charge in [-0.15, -0.1) is 11.3 Å². The summed E-state index contributed by atoms with van der Waals surface area (Å²) in [4.78, 5) is 25.3. The fourth-order valence-corrected chi connectivity index (χ4v) is 3.83. The highest BCUT2D eigenvalue weighted by Gasteiger charge is 2.16. The Morgan fingerprint density at radius 2 is 1.76 bits per heavy atom. The molecule has 0 saturated carbocycles. The second kappa shape index (κ2) is 10.8. The fraction of sp³-hybridized carbons (Fsp3) is 0.182. The topological polar surface area (TPSA) is 70.2 Å². The monoisotopic (exact) mass is 427 g/mol. The Balaban J connectivity index is 1.53. The third-order valence-electron chi connectivity index (χ3n) is 4.27. The summed E-state index contributed by atoms with van der Waals surface area (Å²) in [5.41, 5.74) is 1.94. The Hall–Kier alpha value is -2.67. The molecule has 0 spiro atoms. The maximum absolute atomic E-state index is 12.2. The SMILES string of the molecule is O=C(CNC(c1ccccc1)c1cccc(Cl)c1)NC(=O)NCCc1cccs1. The van der Waals surface area contributed by atoms with E-state index in [9.17, 15) is 9.59 Å². The molecule has 1 atom stereocenters. The lowest BCUT2D eigenvalue weighted by atomic mass is 9.99. The zero-order valence-electron chi connectivity index (χ0n) is 15.7. The minimum atomic E-state index is -0.493. The number of benzene rings is 2. The molecule has 0 aliphatic rings. The summed E-state index contributed by atoms with van der Waals surface area (Å²) in [5.74, 6) is -0.401. The average Bonchev–Trinajstić information content (AvgIpc) is 3.22. The van der Waals surface area contributed by atoms with E-state index < -0.39 is 11.9 Å². The molecule has 3 rings (SSSR count). The molecule has 3 aromatic rings. The van der Waals surface area contributed by atoms with Crippen molar-refractivity contribution in [1.82, 2.24) is 16.0 Å². The Labute approximate surface area is 179 Å². The Kier molecular flexibility index (Phi) is 7.81. The van der Waals surface area contributed by atoms with Crippen LogP contribution in [0.25, 0.3) is 0 Å². The first kappa shape index (κ1) is 21.0. The summed E-state index contributed by atoms with van der Waals surface area (Å²) in [6.07, 6.45) is 0.738. The number of carbonyl (C=O) groups is 2. The van der Waals surface area contributed by atoms with Crippen LogP contribution in [0.3, 0.4) is 0 Å². The van der Waals surface area contributed by atoms with E-state index in [1.165, 1.54) is 4.88 Å². The van der Waals surface area contributed by atoms with Gasteiger partial charge in [0.25, 0.3) is 0 Å². The van der Waals surface area contributed by atoms with Crippen LogP contribution in [0.1, 0.15) is 22.0 Å². The molecule has 0 bridgehead atoms. The standard InChI is InChI=1S/C22H22ClN3O2S/c23-18-9-4-8-17(14-18)21(16-6-2-1-3-7-16)25-15-20(27)26-22(28)24-12-11-19-10-5-13-29-19/h1-10,13-14,21,25H,11-12,15H2,(H2,24,26,27,28). The number of hydrogen-bond donors (Lipinski definition) is 3. The number of halogens is 1. The van der Waals surface area contributed by atoms with Crippen molar-refractivity contribution in [3.63, 3.8) is 0 Å². The quantitative estimate of drug-likeness (QED) is 0.505. The molecule has 0 aliphatic heterocycles. The second-order valence-corrected chi connectivity index (χ2v) is 7.88. The molecule has 29 heavy (non-hydrogen) atoms. The highest BCUT2D eigenvalue weighted by Crippen LogP contribution is 2.24. The number of carbonyl (C=O) groups excluding carboxylic acids is 2. The minimum absolute atomic E-state index is 0.00951. The third-order valence-corrected chi connectivity index (χ3v) is 5.44. The predicted molar refractivity (Wildman–Crippen MR) is 117 cm³/mol. The first-order chi connectivity index (χ1) is 14.1. The van der Waals surface area contributed by atoms with Gasteiger partial charge in [0.05, 0.1) is 12.6 Å². The van der Waals surface area contributed by atoms with Crippen LogP contribution in [0.2, 0.25) is 5.02 Å². The number of rotatable bonds is 8. The summed E-state index contributed by atoms with van der Waals surface area (Å²) in [5, 5.41) is 10.9. The van der Waals surface area contributed by atoms with Gasteiger partial charge in [-0.3, -0.25) is 15.4 Å². The molecule has 7 heteroatoms. The van der Waals surface area contributed by atoms with Crippen LogP contribution in [0.4, 0.5) is 4.79 Å².